The molecule has 2 aliphatic heterocycles. The number of benzene rings is 8. The molecule has 0 amide bonds. The summed E-state index contributed by atoms with van der Waals surface area (Å²) in [6.45, 7) is 30.2. The number of anilines is 6. The fourth-order valence-corrected chi connectivity index (χ4v) is 12.1. The molecule has 12 rings (SSSR count). The van der Waals surface area contributed by atoms with Gasteiger partial charge in [-0.2, -0.15) is 4.40 Å². The molecular weight excluding hydrogens is 872 g/mol. The van der Waals surface area contributed by atoms with Gasteiger partial charge >= 0.3 is 0 Å². The van der Waals surface area contributed by atoms with E-state index in [-0.39, 0.29) is 28.4 Å². The highest BCUT2D eigenvalue weighted by Gasteiger charge is 2.45. The Labute approximate surface area is 427 Å². The zero-order valence-electron chi connectivity index (χ0n) is 44.9. The van der Waals surface area contributed by atoms with Crippen LogP contribution in [0.5, 0.6) is 0 Å². The lowest BCUT2D eigenvalue weighted by Crippen LogP contribution is -2.61. The SMILES string of the molecule is Cc1ccc(-c2cc3c4c(c2)N(c2ccc(C(C)(C)C)cc2)c2ccc(C(C)(C)C)cc2B4c2cc(C(C)(C)C)ccc2N3c2ccc(C(C)(C)C)cc2)c2c3ccccc3n3c4ccccc4[n+](C)c3c12. The molecule has 72 heavy (non-hydrogen) atoms. The van der Waals surface area contributed by atoms with E-state index < -0.39 is 0 Å². The Bertz CT molecular complexity index is 3720. The molecule has 0 atom stereocenters. The van der Waals surface area contributed by atoms with Crippen molar-refractivity contribution in [2.45, 2.75) is 112 Å². The first kappa shape index (κ1) is 46.0. The molecule has 358 valence electrons. The Morgan fingerprint density at radius 1 is 0.431 bits per heavy atom. The Balaban J connectivity index is 1.25. The molecule has 0 fully saturated rings. The van der Waals surface area contributed by atoms with Crippen molar-refractivity contribution in [2.24, 2.45) is 7.05 Å². The second-order valence-corrected chi connectivity index (χ2v) is 25.1. The molecule has 8 aromatic carbocycles. The van der Waals surface area contributed by atoms with Crippen molar-refractivity contribution < 1.29 is 4.57 Å². The summed E-state index contributed by atoms with van der Waals surface area (Å²) in [5.41, 5.74) is 25.0. The van der Waals surface area contributed by atoms with Crippen molar-refractivity contribution in [3.05, 3.63) is 186 Å². The van der Waals surface area contributed by atoms with Gasteiger partial charge in [-0.3, -0.25) is 0 Å². The van der Waals surface area contributed by atoms with Crippen LogP contribution < -0.4 is 30.8 Å². The monoisotopic (exact) mass is 940 g/mol. The summed E-state index contributed by atoms with van der Waals surface area (Å²) in [6.07, 6.45) is 0. The van der Waals surface area contributed by atoms with Crippen LogP contribution in [0.1, 0.15) is 111 Å². The van der Waals surface area contributed by atoms with Gasteiger partial charge in [0.1, 0.15) is 5.52 Å². The highest BCUT2D eigenvalue weighted by atomic mass is 15.2. The summed E-state index contributed by atoms with van der Waals surface area (Å²) >= 11 is 0. The summed E-state index contributed by atoms with van der Waals surface area (Å²) in [7, 11) is 2.23. The first-order chi connectivity index (χ1) is 34.1. The molecule has 5 heteroatoms. The Morgan fingerprint density at radius 3 is 1.39 bits per heavy atom. The van der Waals surface area contributed by atoms with E-state index >= 15 is 0 Å². The van der Waals surface area contributed by atoms with Crippen LogP contribution in [0.3, 0.4) is 0 Å². The van der Waals surface area contributed by atoms with Crippen molar-refractivity contribution >= 4 is 95.6 Å². The number of rotatable bonds is 3. The van der Waals surface area contributed by atoms with Crippen LogP contribution in [0, 0.1) is 6.92 Å². The summed E-state index contributed by atoms with van der Waals surface area (Å²) in [5.74, 6) is 0. The van der Waals surface area contributed by atoms with Crippen LogP contribution in [0.25, 0.3) is 49.5 Å². The first-order valence-corrected chi connectivity index (χ1v) is 26.1. The predicted octanol–water partition coefficient (Wildman–Crippen LogP) is 15.5. The first-order valence-electron chi connectivity index (χ1n) is 26.1. The lowest BCUT2D eigenvalue weighted by atomic mass is 9.33. The van der Waals surface area contributed by atoms with Gasteiger partial charge in [0.25, 0.3) is 12.4 Å². The third-order valence-corrected chi connectivity index (χ3v) is 16.2. The fraction of sp³-hybridized carbons (Fsp3) is 0.269. The summed E-state index contributed by atoms with van der Waals surface area (Å²) in [5, 5.41) is 3.80. The Hall–Kier alpha value is -7.11. The van der Waals surface area contributed by atoms with Crippen LogP contribution in [-0.4, -0.2) is 11.1 Å². The zero-order chi connectivity index (χ0) is 50.6. The highest BCUT2D eigenvalue weighted by molar-refractivity contribution is 7.00. The number of hydrogen-bond acceptors (Lipinski definition) is 2. The van der Waals surface area contributed by atoms with Crippen molar-refractivity contribution in [1.82, 2.24) is 4.40 Å². The van der Waals surface area contributed by atoms with E-state index in [2.05, 4.69) is 274 Å². The average molecular weight is 940 g/mol. The van der Waals surface area contributed by atoms with Crippen LogP contribution in [0.15, 0.2) is 158 Å². The summed E-state index contributed by atoms with van der Waals surface area (Å²) in [4.78, 5) is 5.19. The van der Waals surface area contributed by atoms with Crippen molar-refractivity contribution in [3.8, 4) is 11.1 Å². The van der Waals surface area contributed by atoms with Gasteiger partial charge in [0.05, 0.1) is 12.4 Å². The van der Waals surface area contributed by atoms with Gasteiger partial charge in [-0.05, 0) is 151 Å². The van der Waals surface area contributed by atoms with E-state index in [0.717, 1.165) is 11.4 Å². The number of aryl methyl sites for hydroxylation is 2. The third-order valence-electron chi connectivity index (χ3n) is 16.2. The van der Waals surface area contributed by atoms with E-state index in [1.807, 2.05) is 0 Å². The van der Waals surface area contributed by atoms with Crippen LogP contribution in [0.2, 0.25) is 0 Å². The smallest absolute Gasteiger partial charge is 0.295 e. The molecule has 0 aliphatic carbocycles. The molecule has 4 nitrogen and oxygen atoms in total. The number of para-hydroxylation sites is 3. The minimum absolute atomic E-state index is 0.0174. The molecule has 0 unspecified atom stereocenters. The van der Waals surface area contributed by atoms with Gasteiger partial charge in [-0.15, -0.1) is 0 Å². The van der Waals surface area contributed by atoms with Gasteiger partial charge in [0.2, 0.25) is 0 Å². The molecule has 0 saturated heterocycles. The van der Waals surface area contributed by atoms with E-state index in [1.54, 1.807) is 0 Å². The normalized spacial score (nSPS) is 13.9. The summed E-state index contributed by atoms with van der Waals surface area (Å²) in [6, 6.07) is 61.3. The van der Waals surface area contributed by atoms with E-state index in [0.29, 0.717) is 0 Å². The van der Waals surface area contributed by atoms with E-state index in [1.165, 1.54) is 116 Å². The van der Waals surface area contributed by atoms with E-state index in [9.17, 15) is 0 Å². The number of imidazole rings is 1. The highest BCUT2D eigenvalue weighted by Crippen LogP contribution is 2.49. The number of aromatic nitrogens is 2. The number of fused-ring (bicyclic) bond motifs is 12. The molecular formula is C67H68BN4+. The maximum atomic E-state index is 2.60. The quantitative estimate of drug-likeness (QED) is 0.0996. The minimum atomic E-state index is -0.0457. The molecule has 4 heterocycles. The van der Waals surface area contributed by atoms with Crippen LogP contribution >= 0.6 is 0 Å². The van der Waals surface area contributed by atoms with Crippen LogP contribution in [-0.2, 0) is 28.7 Å². The topological polar surface area (TPSA) is 14.8 Å². The predicted molar refractivity (Wildman–Crippen MR) is 310 cm³/mol. The second-order valence-electron chi connectivity index (χ2n) is 25.1. The molecule has 2 aromatic heterocycles. The van der Waals surface area contributed by atoms with Gasteiger partial charge in [0, 0.05) is 44.9 Å². The standard InChI is InChI=1S/C67H68BN4/c1-41-23-34-49(61-50-19-15-16-20-53(50)72-57-22-18-17-21-56(57)69(14)63(72)60(41)61)42-37-58-62-59(38-42)71(48-32-26-44(27-33-48)65(5,6)7)55-36-29-46(67(11,12)13)40-52(55)68(62)51-39-45(66(8,9)10)28-35-54(51)70(58)47-30-24-43(25-31-47)64(2,3)4/h15-40H,1-14H3/q+1. The Kier molecular flexibility index (Phi) is 10.0. The molecule has 0 bridgehead atoms. The number of nitrogens with zero attached hydrogens (tertiary/aromatic N) is 4. The molecule has 0 radical (unpaired) electrons. The largest absolute Gasteiger partial charge is 0.311 e. The number of pyridine rings is 1. The van der Waals surface area contributed by atoms with Crippen molar-refractivity contribution in [3.63, 3.8) is 0 Å². The van der Waals surface area contributed by atoms with Gasteiger partial charge in [0.15, 0.2) is 11.0 Å². The molecule has 0 N–H and O–H groups in total. The zero-order valence-corrected chi connectivity index (χ0v) is 44.9. The average Bonchev–Trinajstić information content (AvgIpc) is 3.64. The van der Waals surface area contributed by atoms with Crippen molar-refractivity contribution in [2.75, 3.05) is 9.80 Å². The molecule has 2 aliphatic rings. The molecule has 0 saturated carbocycles. The van der Waals surface area contributed by atoms with Crippen LogP contribution in [0.4, 0.5) is 34.1 Å². The maximum Gasteiger partial charge on any atom is 0.295 e. The lowest BCUT2D eigenvalue weighted by Gasteiger charge is -2.45. The molecule has 0 spiro atoms. The van der Waals surface area contributed by atoms with Gasteiger partial charge in [-0.25, -0.2) is 4.57 Å². The van der Waals surface area contributed by atoms with Gasteiger partial charge < -0.3 is 9.80 Å². The second kappa shape index (κ2) is 15.7. The van der Waals surface area contributed by atoms with Gasteiger partial charge in [-0.1, -0.05) is 174 Å². The lowest BCUT2D eigenvalue weighted by molar-refractivity contribution is -0.617. The molecule has 10 aromatic rings. The summed E-state index contributed by atoms with van der Waals surface area (Å²) < 4.78 is 4.89. The maximum absolute atomic E-state index is 2.60. The fourth-order valence-electron chi connectivity index (χ4n) is 12.1. The third kappa shape index (κ3) is 6.97. The Morgan fingerprint density at radius 2 is 0.889 bits per heavy atom. The minimum Gasteiger partial charge on any atom is -0.311 e. The number of hydrogen-bond donors (Lipinski definition) is 0. The van der Waals surface area contributed by atoms with E-state index in [4.69, 9.17) is 0 Å². The van der Waals surface area contributed by atoms with Crippen molar-refractivity contribution in [1.29, 1.82) is 0 Å².